The molecule has 4 aliphatic heterocycles. The summed E-state index contributed by atoms with van der Waals surface area (Å²) < 4.78 is 7.16. The smallest absolute Gasteiger partial charge is 0.139 e. The number of rotatable bonds is 1. The molecule has 2 saturated heterocycles. The minimum absolute atomic E-state index is 0.111. The molecule has 5 aliphatic rings. The predicted octanol–water partition coefficient (Wildman–Crippen LogP) is 6.96. The van der Waals surface area contributed by atoms with Gasteiger partial charge in [-0.05, 0) is 108 Å². The van der Waals surface area contributed by atoms with E-state index in [0.717, 1.165) is 66.4 Å². The van der Waals surface area contributed by atoms with Crippen molar-refractivity contribution < 1.29 is 9.84 Å². The van der Waals surface area contributed by atoms with E-state index in [9.17, 15) is 5.11 Å². The van der Waals surface area contributed by atoms with Crippen LogP contribution in [-0.2, 0) is 4.74 Å². The van der Waals surface area contributed by atoms with Crippen molar-refractivity contribution in [3.63, 3.8) is 0 Å². The number of aromatic nitrogens is 2. The molecule has 222 valence electrons. The van der Waals surface area contributed by atoms with E-state index in [1.165, 1.54) is 57.9 Å². The number of hydrogen-bond donors (Lipinski definition) is 3. The van der Waals surface area contributed by atoms with Crippen LogP contribution in [0.3, 0.4) is 0 Å². The van der Waals surface area contributed by atoms with Crippen molar-refractivity contribution in [3.8, 4) is 5.75 Å². The third-order valence-electron chi connectivity index (χ3n) is 11.5. The van der Waals surface area contributed by atoms with E-state index in [2.05, 4.69) is 51.6 Å². The lowest BCUT2D eigenvalue weighted by atomic mass is 9.50. The molecule has 3 fully saturated rings. The maximum atomic E-state index is 10.7. The Hall–Kier alpha value is -2.67. The molecule has 8 rings (SSSR count). The van der Waals surface area contributed by atoms with Crippen molar-refractivity contribution in [2.24, 2.45) is 11.3 Å². The maximum Gasteiger partial charge on any atom is 0.139 e. The Labute approximate surface area is 249 Å². The molecule has 3 aromatic rings. The number of epoxide rings is 1. The highest BCUT2D eigenvalue weighted by molar-refractivity contribution is 6.09. The third kappa shape index (κ3) is 4.28. The van der Waals surface area contributed by atoms with Gasteiger partial charge < -0.3 is 25.0 Å². The highest BCUT2D eigenvalue weighted by Gasteiger charge is 2.75. The van der Waals surface area contributed by atoms with Gasteiger partial charge in [0.1, 0.15) is 11.4 Å². The number of nitrogens with zero attached hydrogens (tertiary/aromatic N) is 2. The number of allylic oxidation sites excluding steroid dienone is 4. The van der Waals surface area contributed by atoms with Crippen LogP contribution in [0.4, 0.5) is 0 Å². The molecule has 6 heterocycles. The van der Waals surface area contributed by atoms with Crippen LogP contribution in [0.15, 0.2) is 54.8 Å². The minimum Gasteiger partial charge on any atom is -0.506 e. The van der Waals surface area contributed by atoms with Gasteiger partial charge in [0.2, 0.25) is 0 Å². The number of pyridine rings is 1. The van der Waals surface area contributed by atoms with Crippen LogP contribution < -0.4 is 5.32 Å². The fourth-order valence-corrected chi connectivity index (χ4v) is 9.70. The number of ether oxygens (including phenoxy) is 1. The molecule has 3 bridgehead atoms. The molecule has 7 atom stereocenters. The topological polar surface area (TPSA) is 76.7 Å². The molecule has 3 N–H and O–H groups in total. The number of phenolic OH excluding ortho intramolecular Hbond substituents is 1. The summed E-state index contributed by atoms with van der Waals surface area (Å²) in [5, 5.41) is 17.2. The van der Waals surface area contributed by atoms with Gasteiger partial charge in [0.05, 0.1) is 22.8 Å². The van der Waals surface area contributed by atoms with Gasteiger partial charge in [0.25, 0.3) is 0 Å². The molecule has 0 amide bonds. The summed E-state index contributed by atoms with van der Waals surface area (Å²) in [6.07, 6.45) is 25.0. The zero-order valence-electron chi connectivity index (χ0n) is 24.9. The Morgan fingerprint density at radius 3 is 2.60 bits per heavy atom. The van der Waals surface area contributed by atoms with E-state index in [-0.39, 0.29) is 23.0 Å². The first-order valence-electron chi connectivity index (χ1n) is 16.7. The van der Waals surface area contributed by atoms with Crippen molar-refractivity contribution >= 4 is 21.8 Å². The van der Waals surface area contributed by atoms with Crippen molar-refractivity contribution in [2.45, 2.75) is 94.3 Å². The van der Waals surface area contributed by atoms with Gasteiger partial charge in [-0.15, -0.1) is 0 Å². The van der Waals surface area contributed by atoms with Crippen LogP contribution in [0.5, 0.6) is 5.75 Å². The number of para-hydroxylation sites is 1. The molecular weight excluding hydrogens is 520 g/mol. The lowest BCUT2D eigenvalue weighted by Crippen LogP contribution is -2.68. The van der Waals surface area contributed by atoms with Crippen LogP contribution in [-0.4, -0.2) is 63.9 Å². The average Bonchev–Trinajstić information content (AvgIpc) is 3.59. The molecule has 1 saturated carbocycles. The highest BCUT2D eigenvalue weighted by atomic mass is 16.6. The van der Waals surface area contributed by atoms with E-state index in [0.29, 0.717) is 17.7 Å². The molecule has 6 heteroatoms. The van der Waals surface area contributed by atoms with Crippen LogP contribution in [0.1, 0.15) is 82.2 Å². The normalized spacial score (nSPS) is 38.7. The Balaban J connectivity index is 1.31. The maximum absolute atomic E-state index is 10.7. The van der Waals surface area contributed by atoms with E-state index >= 15 is 0 Å². The molecule has 1 aromatic carbocycles. The molecule has 6 nitrogen and oxygen atoms in total. The van der Waals surface area contributed by atoms with Gasteiger partial charge in [-0.1, -0.05) is 36.4 Å². The summed E-state index contributed by atoms with van der Waals surface area (Å²) in [5.74, 6) is 1.02. The number of aromatic hydroxyl groups is 1. The summed E-state index contributed by atoms with van der Waals surface area (Å²) in [6, 6.07) is 8.30. The third-order valence-corrected chi connectivity index (χ3v) is 11.5. The van der Waals surface area contributed by atoms with Crippen molar-refractivity contribution in [2.75, 3.05) is 26.2 Å². The number of phenols is 1. The Kier molecular flexibility index (Phi) is 6.92. The minimum atomic E-state index is -0.168. The molecule has 2 aromatic heterocycles. The van der Waals surface area contributed by atoms with Gasteiger partial charge in [-0.3, -0.25) is 4.98 Å². The number of fused-ring (bicyclic) bond motifs is 4. The highest BCUT2D eigenvalue weighted by Crippen LogP contribution is 2.67. The second-order valence-corrected chi connectivity index (χ2v) is 13.8. The number of H-pyrrole nitrogens is 1. The first-order chi connectivity index (χ1) is 20.7. The van der Waals surface area contributed by atoms with Gasteiger partial charge in [-0.25, -0.2) is 0 Å². The van der Waals surface area contributed by atoms with Gasteiger partial charge in [0, 0.05) is 40.9 Å². The van der Waals surface area contributed by atoms with Gasteiger partial charge in [-0.2, -0.15) is 0 Å². The van der Waals surface area contributed by atoms with Gasteiger partial charge >= 0.3 is 0 Å². The summed E-state index contributed by atoms with van der Waals surface area (Å²) in [5.41, 5.74) is 2.99. The van der Waals surface area contributed by atoms with E-state index in [1.807, 2.05) is 12.3 Å². The SMILES string of the molecule is Oc1cccc2c1[nH]c1c([C@H]3[C@@H]4CCN5CCCC/C=C\CC[C@@]6(O[C@@H]36)C3NCCCC/C=C\CC[C@@]34C5)nccc12. The molecular formula is C36H46N4O2. The van der Waals surface area contributed by atoms with E-state index in [1.54, 1.807) is 6.07 Å². The van der Waals surface area contributed by atoms with E-state index < -0.39 is 0 Å². The number of nitrogens with one attached hydrogen (secondary N) is 2. The molecule has 2 spiro atoms. The van der Waals surface area contributed by atoms with Gasteiger partial charge in [0.15, 0.2) is 0 Å². The average molecular weight is 567 g/mol. The predicted molar refractivity (Wildman–Crippen MR) is 169 cm³/mol. The number of piperidine rings is 1. The molecule has 42 heavy (non-hydrogen) atoms. The summed E-state index contributed by atoms with van der Waals surface area (Å²) in [4.78, 5) is 11.6. The Bertz CT molecular complexity index is 1510. The summed E-state index contributed by atoms with van der Waals surface area (Å²) in [7, 11) is 0. The molecule has 0 radical (unpaired) electrons. The first kappa shape index (κ1) is 26.9. The Morgan fingerprint density at radius 2 is 1.69 bits per heavy atom. The second kappa shape index (κ2) is 10.8. The lowest BCUT2D eigenvalue weighted by molar-refractivity contribution is -0.0577. The van der Waals surface area contributed by atoms with Crippen LogP contribution in [0.2, 0.25) is 0 Å². The largest absolute Gasteiger partial charge is 0.506 e. The van der Waals surface area contributed by atoms with Crippen molar-refractivity contribution in [1.29, 1.82) is 0 Å². The lowest BCUT2D eigenvalue weighted by Gasteiger charge is -2.59. The molecule has 2 unspecified atom stereocenters. The first-order valence-corrected chi connectivity index (χ1v) is 16.7. The Morgan fingerprint density at radius 1 is 0.881 bits per heavy atom. The zero-order valence-corrected chi connectivity index (χ0v) is 24.9. The second-order valence-electron chi connectivity index (χ2n) is 13.8. The van der Waals surface area contributed by atoms with Crippen LogP contribution in [0, 0.1) is 11.3 Å². The fourth-order valence-electron chi connectivity index (χ4n) is 9.70. The summed E-state index contributed by atoms with van der Waals surface area (Å²) in [6.45, 7) is 4.57. The van der Waals surface area contributed by atoms with Crippen molar-refractivity contribution in [1.82, 2.24) is 20.2 Å². The number of hydrogen-bond acceptors (Lipinski definition) is 5. The number of benzene rings is 1. The number of aromatic amines is 1. The van der Waals surface area contributed by atoms with Crippen LogP contribution in [0.25, 0.3) is 21.8 Å². The monoisotopic (exact) mass is 566 g/mol. The van der Waals surface area contributed by atoms with E-state index in [4.69, 9.17) is 9.72 Å². The standard InChI is InChI=1S/C36H46N4O2/c41-28-15-13-14-25-26-16-21-37-32(31(26)39-30(25)28)29-27-17-23-40-22-12-8-4-2-6-10-19-36(33(29)42-36)34-35(27,24-40)18-9-5-1-3-7-11-20-38-34/h1-2,5-6,13-16,21,27,29,33-34,38-39,41H,3-4,7-12,17-20,22-24H2/b5-1-,6-2-/t27-,29+,33-,34?,35-,36-/m0/s1. The zero-order chi connectivity index (χ0) is 28.1. The summed E-state index contributed by atoms with van der Waals surface area (Å²) >= 11 is 0. The fraction of sp³-hybridized carbons (Fsp3) is 0.583. The van der Waals surface area contributed by atoms with Crippen molar-refractivity contribution in [3.05, 3.63) is 60.5 Å². The quantitative estimate of drug-likeness (QED) is 0.219. The van der Waals surface area contributed by atoms with Crippen LogP contribution >= 0.6 is 0 Å². The molecule has 1 aliphatic carbocycles.